The van der Waals surface area contributed by atoms with Gasteiger partial charge in [-0.05, 0) is 42.0 Å². The molecule has 0 saturated carbocycles. The predicted molar refractivity (Wildman–Crippen MR) is 97.6 cm³/mol. The first-order chi connectivity index (χ1) is 12.8. The van der Waals surface area contributed by atoms with Crippen molar-refractivity contribution in [1.82, 2.24) is 15.0 Å². The third-order valence-corrected chi connectivity index (χ3v) is 3.86. The largest absolute Gasteiger partial charge is 0.453 e. The standard InChI is InChI=1S/C20H15FN4O/c21-17-10-14(7-8-19(17)26-15-4-3-9-22-12-15)11-23-20-16-5-1-2-6-18(16)24-13-25-20/h1-10,12-13H,11H2,(H,23,24,25). The zero-order valence-electron chi connectivity index (χ0n) is 13.8. The van der Waals surface area contributed by atoms with Crippen molar-refractivity contribution in [2.24, 2.45) is 0 Å². The average Bonchev–Trinajstić information content (AvgIpc) is 2.69. The van der Waals surface area contributed by atoms with E-state index in [4.69, 9.17) is 4.74 Å². The zero-order chi connectivity index (χ0) is 17.8. The van der Waals surface area contributed by atoms with Crippen LogP contribution in [0.2, 0.25) is 0 Å². The molecule has 0 radical (unpaired) electrons. The van der Waals surface area contributed by atoms with Crippen molar-refractivity contribution in [3.05, 3.63) is 84.7 Å². The molecule has 5 nitrogen and oxygen atoms in total. The van der Waals surface area contributed by atoms with Crippen molar-refractivity contribution >= 4 is 16.7 Å². The highest BCUT2D eigenvalue weighted by Gasteiger charge is 2.08. The molecule has 2 heterocycles. The molecule has 6 heteroatoms. The van der Waals surface area contributed by atoms with Crippen molar-refractivity contribution in [3.63, 3.8) is 0 Å². The van der Waals surface area contributed by atoms with Crippen LogP contribution in [0.1, 0.15) is 5.56 Å². The molecule has 1 N–H and O–H groups in total. The predicted octanol–water partition coefficient (Wildman–Crippen LogP) is 4.57. The van der Waals surface area contributed by atoms with Crippen LogP contribution in [0, 0.1) is 5.82 Å². The van der Waals surface area contributed by atoms with Gasteiger partial charge in [0.05, 0.1) is 11.7 Å². The van der Waals surface area contributed by atoms with Gasteiger partial charge in [-0.3, -0.25) is 4.98 Å². The molecule has 4 rings (SSSR count). The maximum Gasteiger partial charge on any atom is 0.166 e. The van der Waals surface area contributed by atoms with Crippen LogP contribution in [-0.2, 0) is 6.54 Å². The van der Waals surface area contributed by atoms with Gasteiger partial charge in [0.25, 0.3) is 0 Å². The van der Waals surface area contributed by atoms with Crippen molar-refractivity contribution in [3.8, 4) is 11.5 Å². The van der Waals surface area contributed by atoms with Crippen LogP contribution in [0.4, 0.5) is 10.2 Å². The third kappa shape index (κ3) is 3.44. The normalized spacial score (nSPS) is 10.7. The minimum absolute atomic E-state index is 0.161. The minimum atomic E-state index is -0.430. The van der Waals surface area contributed by atoms with E-state index in [9.17, 15) is 4.39 Å². The van der Waals surface area contributed by atoms with E-state index in [0.717, 1.165) is 16.5 Å². The van der Waals surface area contributed by atoms with Gasteiger partial charge in [-0.1, -0.05) is 18.2 Å². The van der Waals surface area contributed by atoms with Gasteiger partial charge in [-0.15, -0.1) is 0 Å². The van der Waals surface area contributed by atoms with Crippen LogP contribution in [0.5, 0.6) is 11.5 Å². The van der Waals surface area contributed by atoms with Gasteiger partial charge >= 0.3 is 0 Å². The molecule has 0 atom stereocenters. The van der Waals surface area contributed by atoms with Crippen molar-refractivity contribution < 1.29 is 9.13 Å². The Labute approximate surface area is 149 Å². The summed E-state index contributed by atoms with van der Waals surface area (Å²) in [7, 11) is 0. The number of anilines is 1. The molecule has 0 fully saturated rings. The SMILES string of the molecule is Fc1cc(CNc2ncnc3ccccc23)ccc1Oc1cccnc1. The average molecular weight is 346 g/mol. The lowest BCUT2D eigenvalue weighted by molar-refractivity contribution is 0.440. The number of aromatic nitrogens is 3. The summed E-state index contributed by atoms with van der Waals surface area (Å²) in [6, 6.07) is 16.1. The molecule has 128 valence electrons. The van der Waals surface area contributed by atoms with E-state index in [1.807, 2.05) is 30.3 Å². The molecule has 0 aliphatic rings. The highest BCUT2D eigenvalue weighted by atomic mass is 19.1. The van der Waals surface area contributed by atoms with E-state index >= 15 is 0 Å². The van der Waals surface area contributed by atoms with Crippen LogP contribution in [0.15, 0.2) is 73.3 Å². The van der Waals surface area contributed by atoms with Crippen molar-refractivity contribution in [2.45, 2.75) is 6.54 Å². The molecule has 0 unspecified atom stereocenters. The number of ether oxygens (including phenoxy) is 1. The highest BCUT2D eigenvalue weighted by molar-refractivity contribution is 5.88. The topological polar surface area (TPSA) is 59.9 Å². The first kappa shape index (κ1) is 16.0. The molecule has 0 spiro atoms. The van der Waals surface area contributed by atoms with E-state index in [1.54, 1.807) is 24.4 Å². The number of hydrogen-bond acceptors (Lipinski definition) is 5. The number of hydrogen-bond donors (Lipinski definition) is 1. The molecule has 0 bridgehead atoms. The smallest absolute Gasteiger partial charge is 0.166 e. The molecule has 2 aromatic carbocycles. The van der Waals surface area contributed by atoms with Gasteiger partial charge < -0.3 is 10.1 Å². The number of rotatable bonds is 5. The number of para-hydroxylation sites is 1. The maximum atomic E-state index is 14.3. The summed E-state index contributed by atoms with van der Waals surface area (Å²) < 4.78 is 19.8. The Bertz CT molecular complexity index is 1030. The van der Waals surface area contributed by atoms with Gasteiger partial charge in [0, 0.05) is 18.1 Å². The summed E-state index contributed by atoms with van der Waals surface area (Å²) in [5.41, 5.74) is 1.64. The Morgan fingerprint density at radius 2 is 1.92 bits per heavy atom. The van der Waals surface area contributed by atoms with Crippen LogP contribution in [-0.4, -0.2) is 15.0 Å². The van der Waals surface area contributed by atoms with Gasteiger partial charge in [0.1, 0.15) is 17.9 Å². The lowest BCUT2D eigenvalue weighted by atomic mass is 10.2. The molecule has 0 aliphatic carbocycles. The van der Waals surface area contributed by atoms with Crippen molar-refractivity contribution in [2.75, 3.05) is 5.32 Å². The number of nitrogens with zero attached hydrogens (tertiary/aromatic N) is 3. The van der Waals surface area contributed by atoms with Crippen molar-refractivity contribution in [1.29, 1.82) is 0 Å². The molecule has 2 aromatic heterocycles. The highest BCUT2D eigenvalue weighted by Crippen LogP contribution is 2.25. The lowest BCUT2D eigenvalue weighted by Crippen LogP contribution is -2.03. The second kappa shape index (κ2) is 7.14. The molecule has 0 aliphatic heterocycles. The zero-order valence-corrected chi connectivity index (χ0v) is 13.8. The fourth-order valence-electron chi connectivity index (χ4n) is 2.60. The van der Waals surface area contributed by atoms with Crippen LogP contribution in [0.25, 0.3) is 10.9 Å². The Morgan fingerprint density at radius 3 is 2.77 bits per heavy atom. The minimum Gasteiger partial charge on any atom is -0.453 e. The molecular weight excluding hydrogens is 331 g/mol. The van der Waals surface area contributed by atoms with E-state index in [1.165, 1.54) is 18.6 Å². The Balaban J connectivity index is 1.49. The second-order valence-corrected chi connectivity index (χ2v) is 5.65. The summed E-state index contributed by atoms with van der Waals surface area (Å²) in [5.74, 6) is 0.936. The van der Waals surface area contributed by atoms with E-state index < -0.39 is 5.82 Å². The molecule has 0 saturated heterocycles. The Hall–Kier alpha value is -3.54. The number of pyridine rings is 1. The summed E-state index contributed by atoms with van der Waals surface area (Å²) in [6.07, 6.45) is 4.68. The first-order valence-electron chi connectivity index (χ1n) is 8.09. The van der Waals surface area contributed by atoms with Crippen LogP contribution < -0.4 is 10.1 Å². The Kier molecular flexibility index (Phi) is 4.38. The fourth-order valence-corrected chi connectivity index (χ4v) is 2.60. The van der Waals surface area contributed by atoms with Gasteiger partial charge in [-0.2, -0.15) is 0 Å². The number of nitrogens with one attached hydrogen (secondary N) is 1. The summed E-state index contributed by atoms with van der Waals surface area (Å²) in [6.45, 7) is 0.436. The summed E-state index contributed by atoms with van der Waals surface area (Å²) in [4.78, 5) is 12.4. The number of benzene rings is 2. The molecule has 26 heavy (non-hydrogen) atoms. The summed E-state index contributed by atoms with van der Waals surface area (Å²) >= 11 is 0. The summed E-state index contributed by atoms with van der Waals surface area (Å²) in [5, 5.41) is 4.15. The monoisotopic (exact) mass is 346 g/mol. The molecular formula is C20H15FN4O. The Morgan fingerprint density at radius 1 is 1.00 bits per heavy atom. The van der Waals surface area contributed by atoms with Gasteiger partial charge in [-0.25, -0.2) is 14.4 Å². The van der Waals surface area contributed by atoms with Gasteiger partial charge in [0.15, 0.2) is 11.6 Å². The van der Waals surface area contributed by atoms with E-state index in [0.29, 0.717) is 18.1 Å². The van der Waals surface area contributed by atoms with E-state index in [2.05, 4.69) is 20.3 Å². The van der Waals surface area contributed by atoms with Gasteiger partial charge in [0.2, 0.25) is 0 Å². The number of halogens is 1. The fraction of sp³-hybridized carbons (Fsp3) is 0.0500. The lowest BCUT2D eigenvalue weighted by Gasteiger charge is -2.10. The van der Waals surface area contributed by atoms with E-state index in [-0.39, 0.29) is 5.75 Å². The molecule has 0 amide bonds. The molecule has 4 aromatic rings. The first-order valence-corrected chi connectivity index (χ1v) is 8.09. The maximum absolute atomic E-state index is 14.3. The van der Waals surface area contributed by atoms with Crippen LogP contribution in [0.3, 0.4) is 0 Å². The second-order valence-electron chi connectivity index (χ2n) is 5.65. The third-order valence-electron chi connectivity index (χ3n) is 3.86. The van der Waals surface area contributed by atoms with Crippen LogP contribution >= 0.6 is 0 Å². The quantitative estimate of drug-likeness (QED) is 0.574. The number of fused-ring (bicyclic) bond motifs is 1.